The molecule has 382 valence electrons. The zero-order chi connectivity index (χ0) is 49.0. The van der Waals surface area contributed by atoms with E-state index in [0.29, 0.717) is 0 Å². The number of hydrogen-bond donors (Lipinski definition) is 16. The van der Waals surface area contributed by atoms with Crippen LogP contribution >= 0.6 is 0 Å². The van der Waals surface area contributed by atoms with Crippen LogP contribution in [-0.4, -0.2) is 290 Å². The molecule has 4 aliphatic heterocycles. The molecule has 3 amide bonds. The number of Topliss-reactive ketones (excluding diaryl/α,β-unsaturated/α-hetero) is 1. The molecule has 4 fully saturated rings. The third kappa shape index (κ3) is 15.1. The van der Waals surface area contributed by atoms with Gasteiger partial charge < -0.3 is 120 Å². The van der Waals surface area contributed by atoms with Crippen LogP contribution in [-0.2, 0) is 57.1 Å². The van der Waals surface area contributed by atoms with Crippen molar-refractivity contribution in [2.24, 2.45) is 0 Å². The van der Waals surface area contributed by atoms with Gasteiger partial charge in [0, 0.05) is 13.1 Å². The summed E-state index contributed by atoms with van der Waals surface area (Å²) < 4.78 is 43.9. The van der Waals surface area contributed by atoms with Crippen molar-refractivity contribution in [3.05, 3.63) is 0 Å². The van der Waals surface area contributed by atoms with E-state index in [-0.39, 0.29) is 32.0 Å². The summed E-state index contributed by atoms with van der Waals surface area (Å²) in [5.74, 6) is -2.50. The number of nitrogens with one attached hydrogen (secondary N) is 3. The highest BCUT2D eigenvalue weighted by molar-refractivity contribution is 5.87. The van der Waals surface area contributed by atoms with E-state index in [1.807, 2.05) is 0 Å². The minimum Gasteiger partial charge on any atom is -0.394 e. The standard InChI is InChI=1S/C37H64N4O25/c1-14(44)7-40-21(47)10-41(8-19(45)38-3-5-59-34-29(55)26(52)22(48)15(2)62-34)9-20(46)39-4-6-60-36-32(58)33(66-37-31(57)28(54)24(50)17(12-43)64-37)25(51)18(65-36)13-61-35-30(56)27(53)23(49)16(11-42)63-35/h15-18,22-37,42-43,48-58H,3-13H2,1-2H3,(H,38,45)(H,39,46)(H,40,47)/t15-,16+,17+,18+,22+,23+,24+,25+,26+,27-,28-,29-,30-,31-,32-,33-,34+,35-,36-,37+/m0/s1. The lowest BCUT2D eigenvalue weighted by Crippen LogP contribution is -2.65. The number of amides is 3. The first-order valence-electron chi connectivity index (χ1n) is 21.0. The second-order valence-electron chi connectivity index (χ2n) is 16.1. The van der Waals surface area contributed by atoms with Gasteiger partial charge in [-0.25, -0.2) is 0 Å². The Morgan fingerprint density at radius 1 is 0.500 bits per heavy atom. The predicted molar refractivity (Wildman–Crippen MR) is 209 cm³/mol. The van der Waals surface area contributed by atoms with Crippen LogP contribution in [0.25, 0.3) is 0 Å². The molecule has 4 saturated heterocycles. The van der Waals surface area contributed by atoms with E-state index in [0.717, 1.165) is 4.90 Å². The Morgan fingerprint density at radius 3 is 1.42 bits per heavy atom. The first-order chi connectivity index (χ1) is 31.2. The Morgan fingerprint density at radius 2 is 0.924 bits per heavy atom. The van der Waals surface area contributed by atoms with Crippen LogP contribution in [0.4, 0.5) is 0 Å². The molecule has 66 heavy (non-hydrogen) atoms. The zero-order valence-corrected chi connectivity index (χ0v) is 36.0. The van der Waals surface area contributed by atoms with Crippen molar-refractivity contribution in [2.75, 3.05) is 72.3 Å². The molecule has 20 atom stereocenters. The van der Waals surface area contributed by atoms with Gasteiger partial charge in [-0.2, -0.15) is 0 Å². The normalized spacial score (nSPS) is 39.6. The summed E-state index contributed by atoms with van der Waals surface area (Å²) in [7, 11) is 0. The van der Waals surface area contributed by atoms with E-state index < -0.39 is 187 Å². The van der Waals surface area contributed by atoms with E-state index in [4.69, 9.17) is 37.9 Å². The molecule has 29 heteroatoms. The quantitative estimate of drug-likeness (QED) is 0.0423. The number of ether oxygens (including phenoxy) is 8. The van der Waals surface area contributed by atoms with E-state index in [1.165, 1.54) is 13.8 Å². The molecule has 0 bridgehead atoms. The second kappa shape index (κ2) is 26.3. The molecule has 0 radical (unpaired) electrons. The summed E-state index contributed by atoms with van der Waals surface area (Å²) in [4.78, 5) is 50.9. The fraction of sp³-hybridized carbons (Fsp3) is 0.892. The minimum atomic E-state index is -1.98. The largest absolute Gasteiger partial charge is 0.394 e. The Hall–Kier alpha value is -2.80. The summed E-state index contributed by atoms with van der Waals surface area (Å²) in [6.07, 6.45) is -33.1. The minimum absolute atomic E-state index is 0.145. The molecule has 0 aromatic rings. The average molecular weight is 965 g/mol. The smallest absolute Gasteiger partial charge is 0.234 e. The van der Waals surface area contributed by atoms with Crippen LogP contribution in [0.1, 0.15) is 13.8 Å². The van der Waals surface area contributed by atoms with E-state index >= 15 is 0 Å². The van der Waals surface area contributed by atoms with Gasteiger partial charge in [0.1, 0.15) is 97.3 Å². The van der Waals surface area contributed by atoms with Gasteiger partial charge in [0.05, 0.1) is 65.3 Å². The third-order valence-corrected chi connectivity index (χ3v) is 10.9. The highest BCUT2D eigenvalue weighted by Crippen LogP contribution is 2.31. The fourth-order valence-electron chi connectivity index (χ4n) is 7.12. The third-order valence-electron chi connectivity index (χ3n) is 10.9. The molecule has 0 unspecified atom stereocenters. The van der Waals surface area contributed by atoms with Crippen molar-refractivity contribution in [2.45, 2.75) is 137 Å². The Bertz CT molecular complexity index is 1540. The van der Waals surface area contributed by atoms with Gasteiger partial charge in [-0.3, -0.25) is 24.1 Å². The summed E-state index contributed by atoms with van der Waals surface area (Å²) in [5, 5.41) is 141. The van der Waals surface area contributed by atoms with Gasteiger partial charge in [-0.15, -0.1) is 0 Å². The van der Waals surface area contributed by atoms with Crippen LogP contribution in [0.3, 0.4) is 0 Å². The number of carbonyl (C=O) groups excluding carboxylic acids is 4. The number of aliphatic hydroxyl groups is 13. The fourth-order valence-corrected chi connectivity index (χ4v) is 7.12. The maximum atomic E-state index is 13.0. The van der Waals surface area contributed by atoms with Crippen molar-refractivity contribution >= 4 is 23.5 Å². The number of ketones is 1. The van der Waals surface area contributed by atoms with Crippen molar-refractivity contribution in [3.8, 4) is 0 Å². The Kier molecular flexibility index (Phi) is 22.2. The molecule has 0 aliphatic carbocycles. The monoisotopic (exact) mass is 964 g/mol. The molecule has 16 N–H and O–H groups in total. The van der Waals surface area contributed by atoms with Gasteiger partial charge in [-0.1, -0.05) is 0 Å². The summed E-state index contributed by atoms with van der Waals surface area (Å²) in [6.45, 7) is -2.68. The molecule has 29 nitrogen and oxygen atoms in total. The lowest BCUT2D eigenvalue weighted by molar-refractivity contribution is -0.366. The number of nitrogens with zero attached hydrogens (tertiary/aromatic N) is 1. The van der Waals surface area contributed by atoms with E-state index in [9.17, 15) is 85.6 Å². The predicted octanol–water partition coefficient (Wildman–Crippen LogP) is -11.5. The second-order valence-corrected chi connectivity index (χ2v) is 16.1. The Labute approximate surface area is 376 Å². The molecule has 0 saturated carbocycles. The Balaban J connectivity index is 1.35. The maximum absolute atomic E-state index is 13.0. The highest BCUT2D eigenvalue weighted by atomic mass is 16.8. The molecule has 4 aliphatic rings. The summed E-state index contributed by atoms with van der Waals surface area (Å²) >= 11 is 0. The van der Waals surface area contributed by atoms with Crippen molar-refractivity contribution in [1.29, 1.82) is 0 Å². The first-order valence-corrected chi connectivity index (χ1v) is 21.0. The van der Waals surface area contributed by atoms with Crippen molar-refractivity contribution in [1.82, 2.24) is 20.9 Å². The van der Waals surface area contributed by atoms with Crippen LogP contribution < -0.4 is 16.0 Å². The maximum Gasteiger partial charge on any atom is 0.234 e. The van der Waals surface area contributed by atoms with Gasteiger partial charge in [0.15, 0.2) is 25.2 Å². The topological polar surface area (TPSA) is 444 Å². The molecule has 0 aromatic carbocycles. The van der Waals surface area contributed by atoms with Crippen molar-refractivity contribution in [3.63, 3.8) is 0 Å². The lowest BCUT2D eigenvalue weighted by atomic mass is 9.96. The van der Waals surface area contributed by atoms with E-state index in [2.05, 4.69) is 16.0 Å². The highest BCUT2D eigenvalue weighted by Gasteiger charge is 2.52. The summed E-state index contributed by atoms with van der Waals surface area (Å²) in [6, 6.07) is 0. The van der Waals surface area contributed by atoms with E-state index in [1.54, 1.807) is 0 Å². The van der Waals surface area contributed by atoms with Gasteiger partial charge >= 0.3 is 0 Å². The zero-order valence-electron chi connectivity index (χ0n) is 36.0. The van der Waals surface area contributed by atoms with Gasteiger partial charge in [-0.05, 0) is 13.8 Å². The molecule has 0 aromatic heterocycles. The molecule has 4 heterocycles. The lowest BCUT2D eigenvalue weighted by Gasteiger charge is -2.46. The number of rotatable bonds is 23. The SMILES string of the molecule is CC(=O)CNC(=O)CN(CC(=O)NCCO[C@@H]1O[C@@H](C)[C@@H](O)[C@@H](O)[C@@H]1O)CC(=O)NCCO[C@H]1O[C@H](CO[C@H]2O[C@H](CO)[C@@H](O)[C@H](O)[C@@H]2O)[C@@H](O)[C@H](O[C@H]2O[C@H](CO)[C@@H](O)[C@H](O)[C@@H]2O)[C@@H]1O. The van der Waals surface area contributed by atoms with Crippen LogP contribution in [0.5, 0.6) is 0 Å². The van der Waals surface area contributed by atoms with Gasteiger partial charge in [0.2, 0.25) is 17.7 Å². The van der Waals surface area contributed by atoms with Crippen LogP contribution in [0.2, 0.25) is 0 Å². The van der Waals surface area contributed by atoms with Gasteiger partial charge in [0.25, 0.3) is 0 Å². The molecule has 0 spiro atoms. The number of hydrogen-bond acceptors (Lipinski definition) is 26. The van der Waals surface area contributed by atoms with Crippen LogP contribution in [0.15, 0.2) is 0 Å². The van der Waals surface area contributed by atoms with Crippen molar-refractivity contribution < 1.29 is 123 Å². The molecular weight excluding hydrogens is 900 g/mol. The summed E-state index contributed by atoms with van der Waals surface area (Å²) in [5.41, 5.74) is 0. The molecular formula is C37H64N4O25. The first kappa shape index (κ1) is 55.8. The van der Waals surface area contributed by atoms with Crippen LogP contribution in [0, 0.1) is 0 Å². The number of carbonyl (C=O) groups is 4. The average Bonchev–Trinajstić information content (AvgIpc) is 3.27. The number of aliphatic hydroxyl groups excluding tert-OH is 13. The molecule has 4 rings (SSSR count).